The molecule has 1 heterocycles. The first kappa shape index (κ1) is 14.9. The zero-order chi connectivity index (χ0) is 13.8. The normalized spacial score (nSPS) is 22.2. The molecule has 1 aromatic carbocycles. The lowest BCUT2D eigenvalue weighted by Crippen LogP contribution is -2.37. The Balaban J connectivity index is 2.27. The van der Waals surface area contributed by atoms with Gasteiger partial charge in [0.2, 0.25) is 0 Å². The molecule has 106 valence electrons. The largest absolute Gasteiger partial charge is 0.490 e. The number of halogens is 1. The number of nitrogens with one attached hydrogen (secondary N) is 1. The predicted octanol–water partition coefficient (Wildman–Crippen LogP) is 4.69. The molecule has 0 amide bonds. The average molecular weight is 326 g/mol. The Hall–Kier alpha value is -0.540. The van der Waals surface area contributed by atoms with Crippen LogP contribution in [-0.4, -0.2) is 12.6 Å². The lowest BCUT2D eigenvalue weighted by atomic mass is 9.87. The van der Waals surface area contributed by atoms with Crippen LogP contribution in [0.2, 0.25) is 0 Å². The summed E-state index contributed by atoms with van der Waals surface area (Å²) in [6.45, 7) is 7.68. The summed E-state index contributed by atoms with van der Waals surface area (Å²) in [5.41, 5.74) is 1.30. The second-order valence-electron chi connectivity index (χ2n) is 5.26. The van der Waals surface area contributed by atoms with E-state index < -0.39 is 0 Å². The standard InChI is InChI=1S/C16H24BrNO/c1-4-11(5-2)15-10-14(18-6-3)13-8-7-12(17)9-16(13)19-15/h7-9,11,14-15,18H,4-6,10H2,1-3H3. The zero-order valence-electron chi connectivity index (χ0n) is 12.1. The van der Waals surface area contributed by atoms with E-state index in [0.29, 0.717) is 18.1 Å². The van der Waals surface area contributed by atoms with Crippen molar-refractivity contribution in [3.05, 3.63) is 28.2 Å². The SMILES string of the molecule is CCNC1CC(C(CC)CC)Oc2cc(Br)ccc21. The summed E-state index contributed by atoms with van der Waals surface area (Å²) in [5.74, 6) is 1.69. The summed E-state index contributed by atoms with van der Waals surface area (Å²) in [6, 6.07) is 6.81. The molecule has 3 heteroatoms. The molecule has 0 saturated carbocycles. The van der Waals surface area contributed by atoms with E-state index >= 15 is 0 Å². The topological polar surface area (TPSA) is 21.3 Å². The quantitative estimate of drug-likeness (QED) is 0.848. The predicted molar refractivity (Wildman–Crippen MR) is 83.7 cm³/mol. The maximum Gasteiger partial charge on any atom is 0.125 e. The smallest absolute Gasteiger partial charge is 0.125 e. The van der Waals surface area contributed by atoms with Gasteiger partial charge in [-0.3, -0.25) is 0 Å². The number of rotatable bonds is 5. The van der Waals surface area contributed by atoms with Crippen molar-refractivity contribution in [1.82, 2.24) is 5.32 Å². The maximum absolute atomic E-state index is 6.26. The van der Waals surface area contributed by atoms with E-state index in [9.17, 15) is 0 Å². The van der Waals surface area contributed by atoms with E-state index in [1.807, 2.05) is 0 Å². The van der Waals surface area contributed by atoms with Gasteiger partial charge < -0.3 is 10.1 Å². The molecule has 1 aliphatic heterocycles. The van der Waals surface area contributed by atoms with Crippen LogP contribution in [0, 0.1) is 5.92 Å². The summed E-state index contributed by atoms with van der Waals surface area (Å²) in [4.78, 5) is 0. The van der Waals surface area contributed by atoms with E-state index in [0.717, 1.165) is 23.2 Å². The molecule has 0 bridgehead atoms. The van der Waals surface area contributed by atoms with Crippen LogP contribution in [0.4, 0.5) is 0 Å². The van der Waals surface area contributed by atoms with Crippen LogP contribution in [0.5, 0.6) is 5.75 Å². The molecule has 2 nitrogen and oxygen atoms in total. The van der Waals surface area contributed by atoms with Gasteiger partial charge in [0.25, 0.3) is 0 Å². The Kier molecular flexibility index (Phi) is 5.28. The van der Waals surface area contributed by atoms with Gasteiger partial charge >= 0.3 is 0 Å². The molecule has 1 aromatic rings. The van der Waals surface area contributed by atoms with E-state index in [-0.39, 0.29) is 0 Å². The highest BCUT2D eigenvalue weighted by Crippen LogP contribution is 2.39. The third-order valence-corrected chi connectivity index (χ3v) is 4.62. The van der Waals surface area contributed by atoms with Crippen molar-refractivity contribution in [2.45, 2.75) is 52.2 Å². The second kappa shape index (κ2) is 6.76. The third-order valence-electron chi connectivity index (χ3n) is 4.12. The van der Waals surface area contributed by atoms with Gasteiger partial charge in [-0.25, -0.2) is 0 Å². The van der Waals surface area contributed by atoms with Crippen molar-refractivity contribution in [2.24, 2.45) is 5.92 Å². The van der Waals surface area contributed by atoms with Crippen molar-refractivity contribution in [1.29, 1.82) is 0 Å². The molecule has 2 rings (SSSR count). The van der Waals surface area contributed by atoms with Crippen LogP contribution in [0.3, 0.4) is 0 Å². The van der Waals surface area contributed by atoms with E-state index in [4.69, 9.17) is 4.74 Å². The number of benzene rings is 1. The van der Waals surface area contributed by atoms with Gasteiger partial charge in [-0.2, -0.15) is 0 Å². The minimum absolute atomic E-state index is 0.334. The molecule has 0 spiro atoms. The van der Waals surface area contributed by atoms with Gasteiger partial charge in [-0.1, -0.05) is 42.8 Å². The van der Waals surface area contributed by atoms with Crippen LogP contribution in [-0.2, 0) is 0 Å². The number of ether oxygens (including phenoxy) is 1. The fourth-order valence-electron chi connectivity index (χ4n) is 3.01. The molecule has 2 unspecified atom stereocenters. The molecular formula is C16H24BrNO. The molecule has 19 heavy (non-hydrogen) atoms. The van der Waals surface area contributed by atoms with Gasteiger partial charge in [-0.05, 0) is 37.4 Å². The minimum atomic E-state index is 0.334. The fourth-order valence-corrected chi connectivity index (χ4v) is 3.35. The van der Waals surface area contributed by atoms with E-state index in [1.54, 1.807) is 0 Å². The number of fused-ring (bicyclic) bond motifs is 1. The lowest BCUT2D eigenvalue weighted by Gasteiger charge is -2.36. The van der Waals surface area contributed by atoms with Crippen LogP contribution in [0.1, 0.15) is 51.6 Å². The summed E-state index contributed by atoms with van der Waals surface area (Å²) in [6.07, 6.45) is 3.78. The molecular weight excluding hydrogens is 302 g/mol. The highest BCUT2D eigenvalue weighted by atomic mass is 79.9. The monoisotopic (exact) mass is 325 g/mol. The van der Waals surface area contributed by atoms with Crippen molar-refractivity contribution in [3.63, 3.8) is 0 Å². The van der Waals surface area contributed by atoms with Gasteiger partial charge in [0.1, 0.15) is 11.9 Å². The Labute approximate surface area is 125 Å². The lowest BCUT2D eigenvalue weighted by molar-refractivity contribution is 0.0882. The zero-order valence-corrected chi connectivity index (χ0v) is 13.7. The summed E-state index contributed by atoms with van der Waals surface area (Å²) in [5, 5.41) is 3.60. The van der Waals surface area contributed by atoms with E-state index in [1.165, 1.54) is 18.4 Å². The molecule has 0 aromatic heterocycles. The van der Waals surface area contributed by atoms with Crippen molar-refractivity contribution >= 4 is 15.9 Å². The second-order valence-corrected chi connectivity index (χ2v) is 6.18. The summed E-state index contributed by atoms with van der Waals surface area (Å²) in [7, 11) is 0. The molecule has 2 atom stereocenters. The summed E-state index contributed by atoms with van der Waals surface area (Å²) >= 11 is 3.54. The summed E-state index contributed by atoms with van der Waals surface area (Å²) < 4.78 is 7.35. The first-order valence-corrected chi connectivity index (χ1v) is 8.18. The molecule has 0 saturated heterocycles. The number of hydrogen-bond acceptors (Lipinski definition) is 2. The van der Waals surface area contributed by atoms with Crippen LogP contribution in [0.15, 0.2) is 22.7 Å². The first-order valence-electron chi connectivity index (χ1n) is 7.39. The average Bonchev–Trinajstić information content (AvgIpc) is 2.40. The Morgan fingerprint density at radius 2 is 2.05 bits per heavy atom. The highest BCUT2D eigenvalue weighted by Gasteiger charge is 2.31. The van der Waals surface area contributed by atoms with Gasteiger partial charge in [-0.15, -0.1) is 0 Å². The minimum Gasteiger partial charge on any atom is -0.490 e. The van der Waals surface area contributed by atoms with Gasteiger partial charge in [0.15, 0.2) is 0 Å². The molecule has 0 radical (unpaired) electrons. The molecule has 0 fully saturated rings. The third kappa shape index (κ3) is 3.32. The van der Waals surface area contributed by atoms with Crippen LogP contribution >= 0.6 is 15.9 Å². The van der Waals surface area contributed by atoms with E-state index in [2.05, 4.69) is 60.2 Å². The Morgan fingerprint density at radius 3 is 2.68 bits per heavy atom. The maximum atomic E-state index is 6.26. The molecule has 1 aliphatic rings. The molecule has 1 N–H and O–H groups in total. The highest BCUT2D eigenvalue weighted by molar-refractivity contribution is 9.10. The molecule has 0 aliphatic carbocycles. The Morgan fingerprint density at radius 1 is 1.32 bits per heavy atom. The van der Waals surface area contributed by atoms with Crippen molar-refractivity contribution in [2.75, 3.05) is 6.54 Å². The number of hydrogen-bond donors (Lipinski definition) is 1. The van der Waals surface area contributed by atoms with Gasteiger partial charge in [0, 0.05) is 22.5 Å². The van der Waals surface area contributed by atoms with Crippen LogP contribution < -0.4 is 10.1 Å². The Bertz CT molecular complexity index is 417. The van der Waals surface area contributed by atoms with Crippen LogP contribution in [0.25, 0.3) is 0 Å². The first-order chi connectivity index (χ1) is 9.19. The fraction of sp³-hybridized carbons (Fsp3) is 0.625. The van der Waals surface area contributed by atoms with Crippen molar-refractivity contribution < 1.29 is 4.74 Å². The van der Waals surface area contributed by atoms with Gasteiger partial charge in [0.05, 0.1) is 0 Å². The van der Waals surface area contributed by atoms with Crippen molar-refractivity contribution in [3.8, 4) is 5.75 Å².